The van der Waals surface area contributed by atoms with Gasteiger partial charge in [0, 0.05) is 18.7 Å². The van der Waals surface area contributed by atoms with Crippen LogP contribution in [0.4, 0.5) is 0 Å². The quantitative estimate of drug-likeness (QED) is 0.655. The molecule has 1 atom stereocenters. The van der Waals surface area contributed by atoms with E-state index in [1.807, 2.05) is 18.0 Å². The average Bonchev–Trinajstić information content (AvgIpc) is 2.76. The van der Waals surface area contributed by atoms with Gasteiger partial charge in [-0.1, -0.05) is 0 Å². The van der Waals surface area contributed by atoms with Gasteiger partial charge in [0.1, 0.15) is 23.6 Å². The van der Waals surface area contributed by atoms with Gasteiger partial charge in [-0.25, -0.2) is 0 Å². The van der Waals surface area contributed by atoms with Crippen molar-refractivity contribution in [1.29, 1.82) is 0 Å². The summed E-state index contributed by atoms with van der Waals surface area (Å²) in [5.74, 6) is 1.46. The molecule has 1 aromatic rings. The van der Waals surface area contributed by atoms with Crippen molar-refractivity contribution in [3.8, 4) is 11.5 Å². The van der Waals surface area contributed by atoms with Gasteiger partial charge in [-0.3, -0.25) is 4.99 Å². The maximum absolute atomic E-state index is 9.40. The Morgan fingerprint density at radius 3 is 3.06 bits per heavy atom. The molecule has 2 heterocycles. The summed E-state index contributed by atoms with van der Waals surface area (Å²) >= 11 is 0. The molecule has 84 valence electrons. The van der Waals surface area contributed by atoms with E-state index in [9.17, 15) is 5.11 Å². The molecule has 0 saturated carbocycles. The minimum atomic E-state index is -0.285. The van der Waals surface area contributed by atoms with Gasteiger partial charge in [-0.05, 0) is 12.1 Å². The lowest BCUT2D eigenvalue weighted by atomic mass is 9.91. The molecule has 1 unspecified atom stereocenters. The van der Waals surface area contributed by atoms with Crippen LogP contribution in [0.1, 0.15) is 5.56 Å². The van der Waals surface area contributed by atoms with Crippen LogP contribution >= 0.6 is 0 Å². The number of benzene rings is 1. The van der Waals surface area contributed by atoms with Gasteiger partial charge in [-0.15, -0.1) is 0 Å². The van der Waals surface area contributed by atoms with Gasteiger partial charge in [0.2, 0.25) is 0 Å². The van der Waals surface area contributed by atoms with Gasteiger partial charge in [0.25, 0.3) is 0 Å². The Bertz CT molecular complexity index is 486. The van der Waals surface area contributed by atoms with Crippen molar-refractivity contribution in [2.24, 2.45) is 10.7 Å². The maximum Gasteiger partial charge on any atom is 0.192 e. The van der Waals surface area contributed by atoms with Crippen LogP contribution in [0, 0.1) is 0 Å². The normalized spacial score (nSPS) is 26.8. The average molecular weight is 219 g/mol. The fraction of sp³-hybridized carbons (Fsp3) is 0.364. The van der Waals surface area contributed by atoms with Crippen LogP contribution in [0.2, 0.25) is 0 Å². The predicted molar refractivity (Wildman–Crippen MR) is 59.5 cm³/mol. The minimum Gasteiger partial charge on any atom is -0.508 e. The molecular formula is C11H13N3O2. The fourth-order valence-corrected chi connectivity index (χ4v) is 2.34. The lowest BCUT2D eigenvalue weighted by Crippen LogP contribution is -2.48. The molecule has 0 aliphatic carbocycles. The molecule has 0 bridgehead atoms. The number of phenols is 1. The first kappa shape index (κ1) is 9.33. The molecule has 3 N–H and O–H groups in total. The largest absolute Gasteiger partial charge is 0.508 e. The zero-order valence-electron chi connectivity index (χ0n) is 8.97. The van der Waals surface area contributed by atoms with Gasteiger partial charge < -0.3 is 20.5 Å². The van der Waals surface area contributed by atoms with Gasteiger partial charge in [0.15, 0.2) is 5.96 Å². The van der Waals surface area contributed by atoms with E-state index in [1.54, 1.807) is 12.1 Å². The van der Waals surface area contributed by atoms with Crippen LogP contribution in [-0.4, -0.2) is 36.2 Å². The first-order valence-electron chi connectivity index (χ1n) is 5.13. The standard InChI is InChI=1S/C11H13N3O2/c1-14-10(12)13-5-11(14)6-16-9-4-7(15)2-3-8(9)11/h2-4,15H,5-6H2,1H3,(H2,12,13). The van der Waals surface area contributed by atoms with Crippen molar-refractivity contribution in [3.63, 3.8) is 0 Å². The maximum atomic E-state index is 9.40. The fourth-order valence-electron chi connectivity index (χ4n) is 2.34. The molecule has 0 saturated heterocycles. The number of likely N-dealkylation sites (N-methyl/N-ethyl adjacent to an activating group) is 1. The number of guanidine groups is 1. The lowest BCUT2D eigenvalue weighted by molar-refractivity contribution is 0.174. The third-order valence-corrected chi connectivity index (χ3v) is 3.42. The van der Waals surface area contributed by atoms with E-state index in [0.717, 1.165) is 11.3 Å². The van der Waals surface area contributed by atoms with E-state index < -0.39 is 0 Å². The molecule has 2 aliphatic heterocycles. The number of fused-ring (bicyclic) bond motifs is 2. The predicted octanol–water partition coefficient (Wildman–Crippen LogP) is 0.240. The number of phenolic OH excluding ortho intramolecular Hbond substituents is 1. The SMILES string of the molecule is CN1C(N)=NCC12COc1cc(O)ccc12. The Balaban J connectivity index is 2.10. The minimum absolute atomic E-state index is 0.213. The van der Waals surface area contributed by atoms with Crippen LogP contribution in [0.25, 0.3) is 0 Å². The van der Waals surface area contributed by atoms with Crippen molar-refractivity contribution >= 4 is 5.96 Å². The molecule has 16 heavy (non-hydrogen) atoms. The lowest BCUT2D eigenvalue weighted by Gasteiger charge is -2.31. The molecular weight excluding hydrogens is 206 g/mol. The Hall–Kier alpha value is -1.91. The third kappa shape index (κ3) is 0.973. The number of ether oxygens (including phenoxy) is 1. The van der Waals surface area contributed by atoms with Crippen molar-refractivity contribution < 1.29 is 9.84 Å². The second-order valence-electron chi connectivity index (χ2n) is 4.23. The Kier molecular flexibility index (Phi) is 1.64. The smallest absolute Gasteiger partial charge is 0.192 e. The van der Waals surface area contributed by atoms with Crippen LogP contribution in [0.15, 0.2) is 23.2 Å². The number of aromatic hydroxyl groups is 1. The highest BCUT2D eigenvalue weighted by Crippen LogP contribution is 2.44. The van der Waals surface area contributed by atoms with Crippen LogP contribution in [0.5, 0.6) is 11.5 Å². The number of hydrogen-bond donors (Lipinski definition) is 2. The Labute approximate surface area is 93.1 Å². The van der Waals surface area contributed by atoms with Gasteiger partial charge in [0.05, 0.1) is 6.54 Å². The van der Waals surface area contributed by atoms with Gasteiger partial charge in [-0.2, -0.15) is 0 Å². The number of nitrogens with zero attached hydrogens (tertiary/aromatic N) is 2. The van der Waals surface area contributed by atoms with E-state index >= 15 is 0 Å². The molecule has 5 nitrogen and oxygen atoms in total. The molecule has 0 fully saturated rings. The Morgan fingerprint density at radius 2 is 2.38 bits per heavy atom. The Morgan fingerprint density at radius 1 is 1.56 bits per heavy atom. The van der Waals surface area contributed by atoms with Crippen molar-refractivity contribution in [2.75, 3.05) is 20.2 Å². The summed E-state index contributed by atoms with van der Waals surface area (Å²) in [5.41, 5.74) is 6.55. The summed E-state index contributed by atoms with van der Waals surface area (Å²) in [5, 5.41) is 9.40. The molecule has 0 aromatic heterocycles. The summed E-state index contributed by atoms with van der Waals surface area (Å²) in [6.07, 6.45) is 0. The first-order chi connectivity index (χ1) is 7.63. The second kappa shape index (κ2) is 2.81. The third-order valence-electron chi connectivity index (χ3n) is 3.42. The number of nitrogens with two attached hydrogens (primary N) is 1. The molecule has 1 aromatic carbocycles. The summed E-state index contributed by atoms with van der Waals surface area (Å²) in [6, 6.07) is 5.17. The van der Waals surface area contributed by atoms with E-state index in [1.165, 1.54) is 0 Å². The molecule has 1 spiro atoms. The molecule has 3 rings (SSSR count). The van der Waals surface area contributed by atoms with Crippen LogP contribution in [0.3, 0.4) is 0 Å². The highest BCUT2D eigenvalue weighted by Gasteiger charge is 2.48. The van der Waals surface area contributed by atoms with Crippen LogP contribution in [-0.2, 0) is 5.54 Å². The van der Waals surface area contributed by atoms with Crippen molar-refractivity contribution in [3.05, 3.63) is 23.8 Å². The number of hydrogen-bond acceptors (Lipinski definition) is 5. The highest BCUT2D eigenvalue weighted by atomic mass is 16.5. The molecule has 2 aliphatic rings. The van der Waals surface area contributed by atoms with Crippen LogP contribution < -0.4 is 10.5 Å². The monoisotopic (exact) mass is 219 g/mol. The highest BCUT2D eigenvalue weighted by molar-refractivity contribution is 5.81. The van der Waals surface area contributed by atoms with E-state index in [0.29, 0.717) is 19.1 Å². The van der Waals surface area contributed by atoms with Gasteiger partial charge >= 0.3 is 0 Å². The van der Waals surface area contributed by atoms with Crippen molar-refractivity contribution in [1.82, 2.24) is 4.90 Å². The second-order valence-corrected chi connectivity index (χ2v) is 4.23. The van der Waals surface area contributed by atoms with E-state index in [2.05, 4.69) is 4.99 Å². The topological polar surface area (TPSA) is 71.1 Å². The molecule has 0 radical (unpaired) electrons. The van der Waals surface area contributed by atoms with E-state index in [4.69, 9.17) is 10.5 Å². The molecule has 0 amide bonds. The number of rotatable bonds is 0. The zero-order valence-corrected chi connectivity index (χ0v) is 8.97. The summed E-state index contributed by atoms with van der Waals surface area (Å²) in [6.45, 7) is 1.12. The zero-order chi connectivity index (χ0) is 11.3. The summed E-state index contributed by atoms with van der Waals surface area (Å²) in [7, 11) is 1.91. The van der Waals surface area contributed by atoms with E-state index in [-0.39, 0.29) is 11.3 Å². The summed E-state index contributed by atoms with van der Waals surface area (Å²) < 4.78 is 5.61. The summed E-state index contributed by atoms with van der Waals surface area (Å²) in [4.78, 5) is 6.19. The van der Waals surface area contributed by atoms with Crippen molar-refractivity contribution in [2.45, 2.75) is 5.54 Å². The molecule has 5 heteroatoms. The first-order valence-corrected chi connectivity index (χ1v) is 5.13. The number of aliphatic imine (C=N–C) groups is 1.